The van der Waals surface area contributed by atoms with Gasteiger partial charge in [0.05, 0.1) is 6.42 Å². The average molecular weight is 359 g/mol. The van der Waals surface area contributed by atoms with E-state index in [9.17, 15) is 9.59 Å². The van der Waals surface area contributed by atoms with Crippen molar-refractivity contribution in [1.29, 1.82) is 0 Å². The van der Waals surface area contributed by atoms with E-state index in [1.165, 1.54) is 0 Å². The van der Waals surface area contributed by atoms with Gasteiger partial charge in [0.15, 0.2) is 0 Å². The summed E-state index contributed by atoms with van der Waals surface area (Å²) in [6.07, 6.45) is 0.244. The van der Waals surface area contributed by atoms with Gasteiger partial charge >= 0.3 is 0 Å². The van der Waals surface area contributed by atoms with Gasteiger partial charge in [-0.15, -0.1) is 0 Å². The number of hydrogen-bond acceptors (Lipinski definition) is 2. The van der Waals surface area contributed by atoms with E-state index >= 15 is 0 Å². The topological polar surface area (TPSA) is 49.4 Å². The fourth-order valence-electron chi connectivity index (χ4n) is 2.70. The Kier molecular flexibility index (Phi) is 6.59. The molecule has 0 fully saturated rings. The number of carbonyl (C=O) groups excluding carboxylic acids is 2. The zero-order valence-corrected chi connectivity index (χ0v) is 15.5. The summed E-state index contributed by atoms with van der Waals surface area (Å²) in [5.74, 6) is -0.314. The highest BCUT2D eigenvalue weighted by Crippen LogP contribution is 2.19. The molecule has 2 aromatic rings. The molecule has 0 spiro atoms. The van der Waals surface area contributed by atoms with Crippen LogP contribution in [0.15, 0.2) is 48.5 Å². The van der Waals surface area contributed by atoms with E-state index in [4.69, 9.17) is 11.6 Å². The van der Waals surface area contributed by atoms with Gasteiger partial charge in [-0.05, 0) is 31.0 Å². The van der Waals surface area contributed by atoms with E-state index < -0.39 is 6.04 Å². The third kappa shape index (κ3) is 5.07. The molecule has 132 valence electrons. The van der Waals surface area contributed by atoms with Crippen LogP contribution in [0.25, 0.3) is 0 Å². The first-order valence-electron chi connectivity index (χ1n) is 8.22. The zero-order chi connectivity index (χ0) is 18.4. The molecule has 0 aliphatic rings. The second-order valence-corrected chi connectivity index (χ2v) is 6.48. The second-order valence-electron chi connectivity index (χ2n) is 6.07. The van der Waals surface area contributed by atoms with Crippen molar-refractivity contribution in [3.63, 3.8) is 0 Å². The maximum atomic E-state index is 12.9. The Morgan fingerprint density at radius 2 is 1.88 bits per heavy atom. The third-order valence-corrected chi connectivity index (χ3v) is 4.52. The predicted octanol–water partition coefficient (Wildman–Crippen LogP) is 3.35. The molecule has 0 aromatic heterocycles. The van der Waals surface area contributed by atoms with Gasteiger partial charge in [0.1, 0.15) is 6.04 Å². The van der Waals surface area contributed by atoms with Crippen LogP contribution in [0.1, 0.15) is 23.6 Å². The highest BCUT2D eigenvalue weighted by atomic mass is 35.5. The lowest BCUT2D eigenvalue weighted by atomic mass is 10.1. The van der Waals surface area contributed by atoms with Crippen LogP contribution in [-0.2, 0) is 22.6 Å². The van der Waals surface area contributed by atoms with E-state index in [2.05, 4.69) is 5.32 Å². The Labute approximate surface area is 153 Å². The van der Waals surface area contributed by atoms with Crippen LogP contribution in [0, 0.1) is 6.92 Å². The van der Waals surface area contributed by atoms with Gasteiger partial charge in [-0.1, -0.05) is 59.6 Å². The fourth-order valence-corrected chi connectivity index (χ4v) is 2.90. The van der Waals surface area contributed by atoms with E-state index in [0.29, 0.717) is 11.6 Å². The lowest BCUT2D eigenvalue weighted by molar-refractivity contribution is -0.139. The van der Waals surface area contributed by atoms with Crippen LogP contribution in [0.5, 0.6) is 0 Å². The molecule has 2 aromatic carbocycles. The third-order valence-electron chi connectivity index (χ3n) is 4.15. The van der Waals surface area contributed by atoms with Crippen LogP contribution in [-0.4, -0.2) is 29.8 Å². The fraction of sp³-hybridized carbons (Fsp3) is 0.300. The molecule has 1 atom stereocenters. The largest absolute Gasteiger partial charge is 0.357 e. The normalized spacial score (nSPS) is 11.7. The van der Waals surface area contributed by atoms with Gasteiger partial charge in [-0.25, -0.2) is 0 Å². The number of aryl methyl sites for hydroxylation is 1. The Balaban J connectivity index is 2.25. The molecule has 0 aliphatic carbocycles. The van der Waals surface area contributed by atoms with Crippen LogP contribution in [0.3, 0.4) is 0 Å². The van der Waals surface area contributed by atoms with Crippen molar-refractivity contribution in [2.24, 2.45) is 0 Å². The van der Waals surface area contributed by atoms with E-state index in [1.54, 1.807) is 24.9 Å². The Bertz CT molecular complexity index is 761. The first-order chi connectivity index (χ1) is 11.9. The summed E-state index contributed by atoms with van der Waals surface area (Å²) in [4.78, 5) is 26.6. The SMILES string of the molecule is CNC(=O)[C@H](C)N(Cc1ccccc1Cl)C(=O)Cc1cccc(C)c1. The molecular weight excluding hydrogens is 336 g/mol. The number of likely N-dealkylation sites (N-methyl/N-ethyl adjacent to an activating group) is 1. The quantitative estimate of drug-likeness (QED) is 0.860. The van der Waals surface area contributed by atoms with Gasteiger partial charge in [0.2, 0.25) is 11.8 Å². The van der Waals surface area contributed by atoms with Crippen LogP contribution < -0.4 is 5.32 Å². The molecule has 0 bridgehead atoms. The van der Waals surface area contributed by atoms with Crippen molar-refractivity contribution >= 4 is 23.4 Å². The molecule has 0 radical (unpaired) electrons. The summed E-state index contributed by atoms with van der Waals surface area (Å²) in [6, 6.07) is 14.6. The maximum Gasteiger partial charge on any atom is 0.242 e. The number of benzene rings is 2. The summed E-state index contributed by atoms with van der Waals surface area (Å²) in [5, 5.41) is 3.19. The first-order valence-corrected chi connectivity index (χ1v) is 8.60. The molecule has 25 heavy (non-hydrogen) atoms. The number of carbonyl (C=O) groups is 2. The highest BCUT2D eigenvalue weighted by Gasteiger charge is 2.26. The van der Waals surface area contributed by atoms with Crippen molar-refractivity contribution in [2.45, 2.75) is 32.9 Å². The monoisotopic (exact) mass is 358 g/mol. The molecule has 0 heterocycles. The molecular formula is C20H23ClN2O2. The Morgan fingerprint density at radius 1 is 1.16 bits per heavy atom. The molecule has 5 heteroatoms. The molecule has 0 aliphatic heterocycles. The van der Waals surface area contributed by atoms with Crippen LogP contribution >= 0.6 is 11.6 Å². The Morgan fingerprint density at radius 3 is 2.52 bits per heavy atom. The summed E-state index contributed by atoms with van der Waals surface area (Å²) in [5.41, 5.74) is 2.85. The van der Waals surface area contributed by atoms with Crippen molar-refractivity contribution in [2.75, 3.05) is 7.05 Å². The summed E-state index contributed by atoms with van der Waals surface area (Å²) < 4.78 is 0. The van der Waals surface area contributed by atoms with Crippen LogP contribution in [0.4, 0.5) is 0 Å². The van der Waals surface area contributed by atoms with Crippen molar-refractivity contribution in [3.05, 3.63) is 70.2 Å². The predicted molar refractivity (Wildman–Crippen MR) is 100 cm³/mol. The van der Waals surface area contributed by atoms with Crippen molar-refractivity contribution in [1.82, 2.24) is 10.2 Å². The number of rotatable bonds is 6. The second kappa shape index (κ2) is 8.67. The molecule has 2 rings (SSSR count). The average Bonchev–Trinajstić information content (AvgIpc) is 2.59. The van der Waals surface area contributed by atoms with Gasteiger partial charge in [-0.2, -0.15) is 0 Å². The van der Waals surface area contributed by atoms with E-state index in [1.807, 2.05) is 49.4 Å². The van der Waals surface area contributed by atoms with Gasteiger partial charge in [0, 0.05) is 18.6 Å². The maximum absolute atomic E-state index is 12.9. The first kappa shape index (κ1) is 19.0. The minimum Gasteiger partial charge on any atom is -0.357 e. The number of nitrogens with zero attached hydrogens (tertiary/aromatic N) is 1. The number of hydrogen-bond donors (Lipinski definition) is 1. The van der Waals surface area contributed by atoms with Gasteiger partial charge in [-0.3, -0.25) is 9.59 Å². The minimum absolute atomic E-state index is 0.110. The highest BCUT2D eigenvalue weighted by molar-refractivity contribution is 6.31. The van der Waals surface area contributed by atoms with E-state index in [-0.39, 0.29) is 18.2 Å². The number of halogens is 1. The molecule has 0 saturated carbocycles. The number of amides is 2. The standard InChI is InChI=1S/C20H23ClN2O2/c1-14-7-6-8-16(11-14)12-19(24)23(15(2)20(25)22-3)13-17-9-4-5-10-18(17)21/h4-11,15H,12-13H2,1-3H3,(H,22,25)/t15-/m0/s1. The molecule has 0 saturated heterocycles. The summed E-state index contributed by atoms with van der Waals surface area (Å²) in [6.45, 7) is 4.01. The van der Waals surface area contributed by atoms with Crippen molar-refractivity contribution in [3.8, 4) is 0 Å². The van der Waals surface area contributed by atoms with Gasteiger partial charge < -0.3 is 10.2 Å². The van der Waals surface area contributed by atoms with E-state index in [0.717, 1.165) is 16.7 Å². The smallest absolute Gasteiger partial charge is 0.242 e. The lowest BCUT2D eigenvalue weighted by Crippen LogP contribution is -2.47. The summed E-state index contributed by atoms with van der Waals surface area (Å²) >= 11 is 6.23. The van der Waals surface area contributed by atoms with Gasteiger partial charge in [0.25, 0.3) is 0 Å². The zero-order valence-electron chi connectivity index (χ0n) is 14.8. The molecule has 0 unspecified atom stereocenters. The minimum atomic E-state index is -0.585. The van der Waals surface area contributed by atoms with Crippen molar-refractivity contribution < 1.29 is 9.59 Å². The number of nitrogens with one attached hydrogen (secondary N) is 1. The lowest BCUT2D eigenvalue weighted by Gasteiger charge is -2.28. The summed E-state index contributed by atoms with van der Waals surface area (Å²) in [7, 11) is 1.57. The molecule has 4 nitrogen and oxygen atoms in total. The molecule has 2 amide bonds. The Hall–Kier alpha value is -2.33. The molecule has 1 N–H and O–H groups in total. The van der Waals surface area contributed by atoms with Crippen LogP contribution in [0.2, 0.25) is 5.02 Å².